The molecule has 0 unspecified atom stereocenters. The van der Waals surface area contributed by atoms with Crippen LogP contribution in [0.2, 0.25) is 0 Å². The molecule has 0 fully saturated rings. The number of hydrogen-bond acceptors (Lipinski definition) is 6. The van der Waals surface area contributed by atoms with E-state index in [1.54, 1.807) is 0 Å². The first kappa shape index (κ1) is 11.2. The Morgan fingerprint density at radius 2 is 1.16 bits per heavy atom. The van der Waals surface area contributed by atoms with E-state index in [0.29, 0.717) is 10.8 Å². The van der Waals surface area contributed by atoms with Gasteiger partial charge in [0.25, 0.3) is 0 Å². The number of fused-ring (bicyclic) bond motifs is 3. The topological polar surface area (TPSA) is 111 Å². The van der Waals surface area contributed by atoms with Crippen LogP contribution in [0.5, 0.6) is 23.0 Å². The van der Waals surface area contributed by atoms with Crippen LogP contribution < -0.4 is 5.63 Å². The standard InChI is InChI=1S/C13H8O6/c14-8-1-5-6-2-9(15)11(17)4-12(6)19-13(18)7(5)3-10(8)16/h1-4,14-17H. The maximum Gasteiger partial charge on any atom is 0.344 e. The fourth-order valence-corrected chi connectivity index (χ4v) is 1.98. The Bertz CT molecular complexity index is 878. The Morgan fingerprint density at radius 3 is 1.79 bits per heavy atom. The normalized spacial score (nSPS) is 11.2. The molecule has 1 heterocycles. The number of aromatic hydroxyl groups is 4. The molecule has 6 nitrogen and oxygen atoms in total. The second-order valence-corrected chi connectivity index (χ2v) is 4.11. The lowest BCUT2D eigenvalue weighted by Gasteiger charge is -2.06. The zero-order chi connectivity index (χ0) is 13.7. The Kier molecular flexibility index (Phi) is 2.10. The first-order valence-electron chi connectivity index (χ1n) is 5.32. The van der Waals surface area contributed by atoms with Crippen molar-refractivity contribution in [1.82, 2.24) is 0 Å². The van der Waals surface area contributed by atoms with Crippen molar-refractivity contribution >= 4 is 21.7 Å². The predicted octanol–water partition coefficient (Wildman–Crippen LogP) is 1.77. The molecule has 0 aliphatic carbocycles. The van der Waals surface area contributed by atoms with Crippen molar-refractivity contribution in [3.8, 4) is 23.0 Å². The number of phenolic OH excluding ortho intramolecular Hbond substituents is 4. The summed E-state index contributed by atoms with van der Waals surface area (Å²) in [5, 5.41) is 38.5. The van der Waals surface area contributed by atoms with Crippen LogP contribution in [0.25, 0.3) is 21.7 Å². The van der Waals surface area contributed by atoms with Gasteiger partial charge in [-0.15, -0.1) is 0 Å². The van der Waals surface area contributed by atoms with Crippen LogP contribution in [0, 0.1) is 0 Å². The monoisotopic (exact) mass is 260 g/mol. The third-order valence-corrected chi connectivity index (χ3v) is 2.90. The molecule has 0 saturated carbocycles. The minimum atomic E-state index is -0.720. The van der Waals surface area contributed by atoms with Crippen LogP contribution in [-0.2, 0) is 0 Å². The molecule has 0 bridgehead atoms. The molecule has 0 atom stereocenters. The molecule has 96 valence electrons. The van der Waals surface area contributed by atoms with Crippen LogP contribution in [0.4, 0.5) is 0 Å². The molecule has 19 heavy (non-hydrogen) atoms. The van der Waals surface area contributed by atoms with E-state index in [2.05, 4.69) is 0 Å². The zero-order valence-corrected chi connectivity index (χ0v) is 9.41. The molecule has 2 aromatic carbocycles. The number of benzene rings is 2. The van der Waals surface area contributed by atoms with E-state index in [0.717, 1.165) is 12.1 Å². The summed E-state index contributed by atoms with van der Waals surface area (Å²) in [5.41, 5.74) is -0.652. The third kappa shape index (κ3) is 1.54. The van der Waals surface area contributed by atoms with Crippen LogP contribution >= 0.6 is 0 Å². The highest BCUT2D eigenvalue weighted by Gasteiger charge is 2.13. The van der Waals surface area contributed by atoms with Crippen molar-refractivity contribution in [1.29, 1.82) is 0 Å². The number of hydrogen-bond donors (Lipinski definition) is 4. The van der Waals surface area contributed by atoms with Crippen molar-refractivity contribution < 1.29 is 24.8 Å². The van der Waals surface area contributed by atoms with Crippen LogP contribution in [0.1, 0.15) is 0 Å². The fourth-order valence-electron chi connectivity index (χ4n) is 1.98. The molecular weight excluding hydrogens is 252 g/mol. The van der Waals surface area contributed by atoms with Crippen LogP contribution in [0.3, 0.4) is 0 Å². The molecule has 0 spiro atoms. The highest BCUT2D eigenvalue weighted by Crippen LogP contribution is 2.36. The van der Waals surface area contributed by atoms with Crippen LogP contribution in [-0.4, -0.2) is 20.4 Å². The molecule has 0 amide bonds. The summed E-state index contributed by atoms with van der Waals surface area (Å²) in [6.07, 6.45) is 0. The third-order valence-electron chi connectivity index (χ3n) is 2.90. The van der Waals surface area contributed by atoms with Gasteiger partial charge in [0, 0.05) is 16.8 Å². The molecule has 6 heteroatoms. The molecule has 0 saturated heterocycles. The van der Waals surface area contributed by atoms with Gasteiger partial charge >= 0.3 is 5.63 Å². The van der Waals surface area contributed by atoms with Gasteiger partial charge in [-0.05, 0) is 18.2 Å². The Labute approximate surface area is 105 Å². The summed E-state index contributed by atoms with van der Waals surface area (Å²) in [6, 6.07) is 4.60. The summed E-state index contributed by atoms with van der Waals surface area (Å²) in [7, 11) is 0. The lowest BCUT2D eigenvalue weighted by atomic mass is 10.1. The van der Waals surface area contributed by atoms with Gasteiger partial charge in [0.05, 0.1) is 5.39 Å². The number of phenols is 4. The quantitative estimate of drug-likeness (QED) is 0.278. The maximum atomic E-state index is 11.7. The van der Waals surface area contributed by atoms with E-state index in [4.69, 9.17) is 4.42 Å². The zero-order valence-electron chi connectivity index (χ0n) is 9.41. The van der Waals surface area contributed by atoms with Crippen molar-refractivity contribution in [2.24, 2.45) is 0 Å². The molecule has 4 N–H and O–H groups in total. The summed E-state index contributed by atoms with van der Waals surface area (Å²) >= 11 is 0. The Balaban J connectivity index is 2.61. The average molecular weight is 260 g/mol. The van der Waals surface area contributed by atoms with Gasteiger partial charge in [-0.3, -0.25) is 0 Å². The molecule has 0 radical (unpaired) electrons. The summed E-state index contributed by atoms with van der Waals surface area (Å²) < 4.78 is 4.99. The van der Waals surface area contributed by atoms with Gasteiger partial charge in [0.1, 0.15) is 5.58 Å². The molecule has 0 aliphatic rings. The summed E-state index contributed by atoms with van der Waals surface area (Å²) in [5.74, 6) is -1.64. The van der Waals surface area contributed by atoms with E-state index < -0.39 is 22.9 Å². The smallest absolute Gasteiger partial charge is 0.344 e. The first-order valence-corrected chi connectivity index (χ1v) is 5.32. The Hall–Kier alpha value is -2.89. The lowest BCUT2D eigenvalue weighted by molar-refractivity contribution is 0.403. The van der Waals surface area contributed by atoms with Crippen molar-refractivity contribution in [2.75, 3.05) is 0 Å². The molecule has 3 rings (SSSR count). The Morgan fingerprint density at radius 1 is 0.684 bits per heavy atom. The minimum absolute atomic E-state index is 0.0629. The summed E-state index contributed by atoms with van der Waals surface area (Å²) in [4.78, 5) is 11.7. The molecule has 1 aromatic heterocycles. The van der Waals surface area contributed by atoms with E-state index in [-0.39, 0.29) is 16.7 Å². The second-order valence-electron chi connectivity index (χ2n) is 4.11. The first-order chi connectivity index (χ1) is 8.97. The van der Waals surface area contributed by atoms with E-state index in [9.17, 15) is 25.2 Å². The molecule has 0 aliphatic heterocycles. The maximum absolute atomic E-state index is 11.7. The van der Waals surface area contributed by atoms with Gasteiger partial charge in [-0.1, -0.05) is 0 Å². The van der Waals surface area contributed by atoms with Gasteiger partial charge in [0.2, 0.25) is 0 Å². The summed E-state index contributed by atoms with van der Waals surface area (Å²) in [6.45, 7) is 0. The van der Waals surface area contributed by atoms with Gasteiger partial charge in [-0.25, -0.2) is 4.79 Å². The lowest BCUT2D eigenvalue weighted by Crippen LogP contribution is -1.99. The minimum Gasteiger partial charge on any atom is -0.504 e. The van der Waals surface area contributed by atoms with Crippen LogP contribution in [0.15, 0.2) is 33.5 Å². The van der Waals surface area contributed by atoms with Crippen molar-refractivity contribution in [2.45, 2.75) is 0 Å². The number of rotatable bonds is 0. The second kappa shape index (κ2) is 3.55. The molecule has 3 aromatic rings. The molecular formula is C13H8O6. The van der Waals surface area contributed by atoms with Gasteiger partial charge in [0.15, 0.2) is 23.0 Å². The van der Waals surface area contributed by atoms with Crippen molar-refractivity contribution in [3.05, 3.63) is 34.7 Å². The van der Waals surface area contributed by atoms with Gasteiger partial charge < -0.3 is 24.8 Å². The van der Waals surface area contributed by atoms with E-state index in [1.165, 1.54) is 12.1 Å². The highest BCUT2D eigenvalue weighted by molar-refractivity contribution is 6.06. The van der Waals surface area contributed by atoms with Gasteiger partial charge in [-0.2, -0.15) is 0 Å². The predicted molar refractivity (Wildman–Crippen MR) is 66.6 cm³/mol. The fraction of sp³-hybridized carbons (Fsp3) is 0. The van der Waals surface area contributed by atoms with E-state index in [1.807, 2.05) is 0 Å². The average Bonchev–Trinajstić information content (AvgIpc) is 2.35. The highest BCUT2D eigenvalue weighted by atomic mass is 16.4. The van der Waals surface area contributed by atoms with E-state index >= 15 is 0 Å². The van der Waals surface area contributed by atoms with Crippen molar-refractivity contribution in [3.63, 3.8) is 0 Å². The SMILES string of the molecule is O=c1oc2cc(O)c(O)cc2c2cc(O)c(O)cc12. The largest absolute Gasteiger partial charge is 0.504 e.